The second-order valence-corrected chi connectivity index (χ2v) is 10.0. The molecule has 1 unspecified atom stereocenters. The van der Waals surface area contributed by atoms with Crippen LogP contribution < -0.4 is 20.7 Å². The lowest BCUT2D eigenvalue weighted by Gasteiger charge is -2.29. The number of pyridine rings is 1. The number of likely N-dealkylation sites (tertiary alicyclic amines) is 1. The highest BCUT2D eigenvalue weighted by atomic mass is 19.1. The quantitative estimate of drug-likeness (QED) is 0.370. The molecule has 2 aromatic carbocycles. The first kappa shape index (κ1) is 24.3. The molecule has 2 aliphatic heterocycles. The summed E-state index contributed by atoms with van der Waals surface area (Å²) >= 11 is 0. The summed E-state index contributed by atoms with van der Waals surface area (Å²) in [5.74, 6) is -0.278. The minimum absolute atomic E-state index is 0.0782. The van der Waals surface area contributed by atoms with Crippen molar-refractivity contribution < 1.29 is 18.7 Å². The monoisotopic (exact) mass is 536 g/mol. The van der Waals surface area contributed by atoms with Gasteiger partial charge in [-0.15, -0.1) is 0 Å². The second-order valence-electron chi connectivity index (χ2n) is 10.0. The van der Waals surface area contributed by atoms with Gasteiger partial charge < -0.3 is 18.9 Å². The molecule has 0 amide bonds. The summed E-state index contributed by atoms with van der Waals surface area (Å²) in [6, 6.07) is 11.7. The third-order valence-electron chi connectivity index (χ3n) is 7.72. The van der Waals surface area contributed by atoms with Crippen LogP contribution in [0.5, 0.6) is 5.75 Å². The average Bonchev–Trinajstić information content (AvgIpc) is 3.40. The number of carbonyl (C=O) groups is 1. The first-order valence-electron chi connectivity index (χ1n) is 13.3. The van der Waals surface area contributed by atoms with Crippen LogP contribution >= 0.6 is 0 Å². The van der Waals surface area contributed by atoms with Crippen molar-refractivity contribution in [3.8, 4) is 11.4 Å². The molecule has 1 fully saturated rings. The molecule has 40 heavy (non-hydrogen) atoms. The number of allylic oxidation sites excluding steroid dienone is 1. The number of nitrogens with zero attached hydrogens (tertiary/aromatic N) is 4. The molecule has 0 spiro atoms. The lowest BCUT2D eigenvalue weighted by atomic mass is 10.1. The Labute approximate surface area is 228 Å². The summed E-state index contributed by atoms with van der Waals surface area (Å²) in [6.07, 6.45) is 8.74. The van der Waals surface area contributed by atoms with Crippen LogP contribution in [0.1, 0.15) is 41.7 Å². The van der Waals surface area contributed by atoms with Crippen LogP contribution in [0.2, 0.25) is 0 Å². The van der Waals surface area contributed by atoms with E-state index >= 15 is 4.39 Å². The van der Waals surface area contributed by atoms with Crippen molar-refractivity contribution in [3.63, 3.8) is 0 Å². The van der Waals surface area contributed by atoms with E-state index in [2.05, 4.69) is 9.97 Å². The lowest BCUT2D eigenvalue weighted by Crippen LogP contribution is -2.50. The number of carbonyl (C=O) groups excluding carboxylic acids is 1. The first-order chi connectivity index (χ1) is 19.5. The maximum absolute atomic E-state index is 16.1. The molecule has 8 nitrogen and oxygen atoms in total. The van der Waals surface area contributed by atoms with Gasteiger partial charge in [-0.2, -0.15) is 0 Å². The molecule has 1 atom stereocenters. The number of esters is 1. The van der Waals surface area contributed by atoms with Crippen LogP contribution in [0.3, 0.4) is 0 Å². The van der Waals surface area contributed by atoms with Gasteiger partial charge in [0, 0.05) is 55.4 Å². The van der Waals surface area contributed by atoms with E-state index in [0.717, 1.165) is 22.9 Å². The van der Waals surface area contributed by atoms with E-state index in [1.54, 1.807) is 36.2 Å². The molecule has 3 aliphatic rings. The van der Waals surface area contributed by atoms with Crippen molar-refractivity contribution in [1.82, 2.24) is 19.4 Å². The molecule has 0 radical (unpaired) electrons. The van der Waals surface area contributed by atoms with Crippen LogP contribution in [0.4, 0.5) is 4.39 Å². The molecule has 1 saturated heterocycles. The van der Waals surface area contributed by atoms with Gasteiger partial charge in [0.2, 0.25) is 5.43 Å². The van der Waals surface area contributed by atoms with Gasteiger partial charge in [0.15, 0.2) is 11.5 Å². The maximum Gasteiger partial charge on any atom is 0.343 e. The van der Waals surface area contributed by atoms with Gasteiger partial charge in [0.25, 0.3) is 0 Å². The number of hydrogen-bond donors (Lipinski definition) is 0. The Kier molecular flexibility index (Phi) is 5.73. The van der Waals surface area contributed by atoms with E-state index in [0.29, 0.717) is 35.6 Å². The minimum Gasteiger partial charge on any atom is -0.462 e. The van der Waals surface area contributed by atoms with E-state index in [9.17, 15) is 9.59 Å². The van der Waals surface area contributed by atoms with Crippen molar-refractivity contribution in [2.45, 2.75) is 25.7 Å². The van der Waals surface area contributed by atoms with E-state index in [-0.39, 0.29) is 35.5 Å². The Balaban J connectivity index is 1.47. The third kappa shape index (κ3) is 3.80. The molecule has 7 rings (SSSR count). The fraction of sp³-hybridized carbons (Fsp3) is 0.226. The van der Waals surface area contributed by atoms with Gasteiger partial charge in [-0.1, -0.05) is 30.3 Å². The molecular formula is C31H25FN4O4. The van der Waals surface area contributed by atoms with Crippen LogP contribution in [0.15, 0.2) is 77.5 Å². The Morgan fingerprint density at radius 2 is 2.02 bits per heavy atom. The van der Waals surface area contributed by atoms with Crippen LogP contribution in [-0.2, 0) is 4.74 Å². The Bertz CT molecular complexity index is 1920. The standard InChI is InChI=1S/C31H25FN4O4/c1-2-39-31(38)22-17-36-25-13-18-5-3-4-6-19(18)14-26(25)40-30-27(36)21(29(22)37)7-8-23(32)28(30)35-12-9-20(16-35)24-15-33-10-11-34-24/h3-7,10-11,13-15,17,20H,2,8-9,12,16H2,1H3. The minimum atomic E-state index is -0.716. The number of benzene rings is 2. The zero-order valence-corrected chi connectivity index (χ0v) is 21.8. The topological polar surface area (TPSA) is 86.6 Å². The SMILES string of the molecule is CCOC(=O)c1cn2c3c(c1=O)=CCC(F)=C(N1CCC(c4cnccn4)C1)C=3Oc1cc3ccccc3cc1-2. The molecule has 9 heteroatoms. The Morgan fingerprint density at radius 3 is 2.80 bits per heavy atom. The predicted octanol–water partition coefficient (Wildman–Crippen LogP) is 3.31. The van der Waals surface area contributed by atoms with Crippen molar-refractivity contribution in [2.75, 3.05) is 19.7 Å². The number of hydrogen-bond acceptors (Lipinski definition) is 7. The fourth-order valence-electron chi connectivity index (χ4n) is 5.85. The lowest BCUT2D eigenvalue weighted by molar-refractivity contribution is 0.0523. The normalized spacial score (nSPS) is 17.6. The van der Waals surface area contributed by atoms with Crippen molar-refractivity contribution in [2.24, 2.45) is 0 Å². The van der Waals surface area contributed by atoms with E-state index in [1.165, 1.54) is 6.20 Å². The number of fused-ring (bicyclic) bond motifs is 3. The summed E-state index contributed by atoms with van der Waals surface area (Å²) in [7, 11) is 0. The fourth-order valence-corrected chi connectivity index (χ4v) is 5.85. The molecule has 1 aliphatic carbocycles. The summed E-state index contributed by atoms with van der Waals surface area (Å²) in [5.41, 5.74) is 1.21. The van der Waals surface area contributed by atoms with E-state index in [1.807, 2.05) is 41.3 Å². The van der Waals surface area contributed by atoms with Gasteiger partial charge in [0.1, 0.15) is 22.4 Å². The molecule has 0 bridgehead atoms. The number of aromatic nitrogens is 3. The average molecular weight is 537 g/mol. The smallest absolute Gasteiger partial charge is 0.343 e. The number of halogens is 1. The van der Waals surface area contributed by atoms with Gasteiger partial charge >= 0.3 is 5.97 Å². The highest BCUT2D eigenvalue weighted by Gasteiger charge is 2.35. The maximum atomic E-state index is 16.1. The summed E-state index contributed by atoms with van der Waals surface area (Å²) in [5, 5.41) is 2.55. The molecular weight excluding hydrogens is 511 g/mol. The van der Waals surface area contributed by atoms with Crippen LogP contribution in [0, 0.1) is 0 Å². The van der Waals surface area contributed by atoms with E-state index in [4.69, 9.17) is 9.47 Å². The summed E-state index contributed by atoms with van der Waals surface area (Å²) in [4.78, 5) is 37.1. The van der Waals surface area contributed by atoms with Crippen molar-refractivity contribution in [3.05, 3.63) is 105 Å². The summed E-state index contributed by atoms with van der Waals surface area (Å²) in [6.45, 7) is 2.93. The predicted molar refractivity (Wildman–Crippen MR) is 147 cm³/mol. The van der Waals surface area contributed by atoms with Gasteiger partial charge in [-0.05, 0) is 36.2 Å². The van der Waals surface area contributed by atoms with Gasteiger partial charge in [0.05, 0.1) is 18.0 Å². The van der Waals surface area contributed by atoms with Crippen LogP contribution in [0.25, 0.3) is 28.3 Å². The second kappa shape index (κ2) is 9.44. The molecule has 200 valence electrons. The Morgan fingerprint density at radius 1 is 1.20 bits per heavy atom. The summed E-state index contributed by atoms with van der Waals surface area (Å²) < 4.78 is 29.6. The number of ether oxygens (including phenoxy) is 2. The highest BCUT2D eigenvalue weighted by Crippen LogP contribution is 2.38. The largest absolute Gasteiger partial charge is 0.462 e. The molecule has 4 heterocycles. The first-order valence-corrected chi connectivity index (χ1v) is 13.3. The van der Waals surface area contributed by atoms with Crippen LogP contribution in [-0.4, -0.2) is 45.1 Å². The zero-order valence-electron chi connectivity index (χ0n) is 21.8. The van der Waals surface area contributed by atoms with E-state index < -0.39 is 17.2 Å². The molecule has 0 N–H and O–H groups in total. The molecule has 4 aromatic rings. The Hall–Kier alpha value is -4.79. The third-order valence-corrected chi connectivity index (χ3v) is 7.72. The van der Waals surface area contributed by atoms with Gasteiger partial charge in [-0.25, -0.2) is 9.18 Å². The van der Waals surface area contributed by atoms with Crippen molar-refractivity contribution in [1.29, 1.82) is 0 Å². The number of rotatable bonds is 4. The van der Waals surface area contributed by atoms with Crippen molar-refractivity contribution >= 4 is 28.6 Å². The molecule has 2 aromatic heterocycles. The zero-order chi connectivity index (χ0) is 27.4. The molecule has 0 saturated carbocycles. The van der Waals surface area contributed by atoms with Gasteiger partial charge in [-0.3, -0.25) is 14.8 Å². The highest BCUT2D eigenvalue weighted by molar-refractivity contribution is 5.90.